The van der Waals surface area contributed by atoms with E-state index < -0.39 is 59.5 Å². The lowest BCUT2D eigenvalue weighted by Crippen LogP contribution is -2.68. The fourth-order valence-electron chi connectivity index (χ4n) is 3.64. The summed E-state index contributed by atoms with van der Waals surface area (Å²) in [6.07, 6.45) is -3.30. The van der Waals surface area contributed by atoms with Crippen molar-refractivity contribution < 1.29 is 41.1 Å². The van der Waals surface area contributed by atoms with Crippen molar-refractivity contribution in [3.63, 3.8) is 0 Å². The number of carbonyl (C=O) groups is 2. The molecule has 2 bridgehead atoms. The second-order valence-electron chi connectivity index (χ2n) is 7.52. The zero-order chi connectivity index (χ0) is 24.1. The van der Waals surface area contributed by atoms with Crippen molar-refractivity contribution in [2.75, 3.05) is 13.2 Å². The van der Waals surface area contributed by atoms with Gasteiger partial charge >= 0.3 is 22.2 Å². The van der Waals surface area contributed by atoms with Crippen LogP contribution in [0.25, 0.3) is 0 Å². The lowest BCUT2D eigenvalue weighted by molar-refractivity contribution is -0.266. The number of hydrogen-bond donors (Lipinski definition) is 1. The minimum Gasteiger partial charge on any atom is -0.453 e. The number of benzene rings is 2. The van der Waals surface area contributed by atoms with E-state index >= 15 is 0 Å². The summed E-state index contributed by atoms with van der Waals surface area (Å²) >= 11 is 0. The zero-order valence-electron chi connectivity index (χ0n) is 17.9. The summed E-state index contributed by atoms with van der Waals surface area (Å²) in [4.78, 5) is 25.7. The molecule has 180 valence electrons. The van der Waals surface area contributed by atoms with Crippen LogP contribution in [0.15, 0.2) is 73.3 Å². The average Bonchev–Trinajstić information content (AvgIpc) is 2.84. The number of nitrogens with one attached hydrogen (secondary N) is 1. The Morgan fingerprint density at radius 2 is 1.53 bits per heavy atom. The van der Waals surface area contributed by atoms with Crippen molar-refractivity contribution in [3.05, 3.63) is 84.4 Å². The molecule has 2 aliphatic rings. The van der Waals surface area contributed by atoms with Crippen molar-refractivity contribution in [2.24, 2.45) is 0 Å². The fourth-order valence-corrected chi connectivity index (χ4v) is 4.60. The highest BCUT2D eigenvalue weighted by molar-refractivity contribution is 7.84. The fraction of sp³-hybridized carbons (Fsp3) is 0.304. The Bertz CT molecular complexity index is 1120. The zero-order valence-corrected chi connectivity index (χ0v) is 18.8. The van der Waals surface area contributed by atoms with Crippen molar-refractivity contribution >= 4 is 22.2 Å². The van der Waals surface area contributed by atoms with E-state index in [4.69, 9.17) is 23.1 Å². The van der Waals surface area contributed by atoms with Gasteiger partial charge in [0, 0.05) is 0 Å². The lowest BCUT2D eigenvalue weighted by atomic mass is 9.96. The third kappa shape index (κ3) is 5.51. The summed E-state index contributed by atoms with van der Waals surface area (Å²) in [5, 5.41) is 0. The predicted molar refractivity (Wildman–Crippen MR) is 118 cm³/mol. The minimum absolute atomic E-state index is 0.0320. The number of hydrogen-bond acceptors (Lipinski definition) is 9. The summed E-state index contributed by atoms with van der Waals surface area (Å²) in [5.74, 6) is -1.44. The van der Waals surface area contributed by atoms with Crippen LogP contribution in [-0.4, -0.2) is 64.2 Å². The quantitative estimate of drug-likeness (QED) is 0.456. The van der Waals surface area contributed by atoms with Gasteiger partial charge in [-0.3, -0.25) is 4.18 Å². The molecule has 0 aliphatic carbocycles. The largest absolute Gasteiger partial charge is 0.453 e. The molecule has 1 N–H and O–H groups in total. The Morgan fingerprint density at radius 1 is 0.971 bits per heavy atom. The first-order chi connectivity index (χ1) is 16.4. The molecule has 0 spiro atoms. The Balaban J connectivity index is 1.69. The van der Waals surface area contributed by atoms with Gasteiger partial charge in [0.2, 0.25) is 0 Å². The topological polar surface area (TPSA) is 126 Å². The van der Waals surface area contributed by atoms with Gasteiger partial charge in [-0.2, -0.15) is 13.1 Å². The molecule has 2 aromatic carbocycles. The number of fused-ring (bicyclic) bond motifs is 3. The predicted octanol–water partition coefficient (Wildman–Crippen LogP) is 1.60. The summed E-state index contributed by atoms with van der Waals surface area (Å²) in [6, 6.07) is 15.1. The Morgan fingerprint density at radius 3 is 2.09 bits per heavy atom. The standard InChI is InChI=1S/C23H23NO9S/c1-2-13-29-23-18-20(33-22(26)16-11-7-4-8-12-16)19(17(31-23)14-30-34(27,28)24-18)32-21(25)15-9-5-3-6-10-15/h2-12,17-20,23-24H,1,13-14H2/t17-,18+,19-,20-,23+/m1/s1. The number of carbonyl (C=O) groups excluding carboxylic acids is 2. The molecule has 0 aromatic heterocycles. The highest BCUT2D eigenvalue weighted by Gasteiger charge is 2.54. The second-order valence-corrected chi connectivity index (χ2v) is 8.90. The van der Waals surface area contributed by atoms with E-state index in [-0.39, 0.29) is 17.7 Å². The van der Waals surface area contributed by atoms with Crippen LogP contribution < -0.4 is 4.72 Å². The van der Waals surface area contributed by atoms with Crippen molar-refractivity contribution in [3.8, 4) is 0 Å². The van der Waals surface area contributed by atoms with Crippen LogP contribution in [0.5, 0.6) is 0 Å². The molecule has 2 heterocycles. The molecule has 34 heavy (non-hydrogen) atoms. The van der Waals surface area contributed by atoms with E-state index in [2.05, 4.69) is 11.3 Å². The first kappa shape index (κ1) is 24.0. The molecule has 2 aromatic rings. The highest BCUT2D eigenvalue weighted by atomic mass is 32.2. The molecule has 2 aliphatic heterocycles. The van der Waals surface area contributed by atoms with Gasteiger partial charge in [0.1, 0.15) is 12.1 Å². The summed E-state index contributed by atoms with van der Waals surface area (Å²) in [5.41, 5.74) is 0.492. The van der Waals surface area contributed by atoms with Gasteiger partial charge in [0.05, 0.1) is 24.3 Å². The van der Waals surface area contributed by atoms with Crippen LogP contribution in [0.4, 0.5) is 0 Å². The van der Waals surface area contributed by atoms with Crippen LogP contribution in [0.1, 0.15) is 20.7 Å². The first-order valence-corrected chi connectivity index (χ1v) is 11.9. The number of ether oxygens (including phenoxy) is 4. The first-order valence-electron chi connectivity index (χ1n) is 10.4. The van der Waals surface area contributed by atoms with Gasteiger partial charge < -0.3 is 18.9 Å². The average molecular weight is 490 g/mol. The molecule has 0 radical (unpaired) electrons. The highest BCUT2D eigenvalue weighted by Crippen LogP contribution is 2.31. The van der Waals surface area contributed by atoms with E-state index in [9.17, 15) is 18.0 Å². The van der Waals surface area contributed by atoms with Gasteiger partial charge in [0.15, 0.2) is 18.5 Å². The van der Waals surface area contributed by atoms with Crippen molar-refractivity contribution in [1.29, 1.82) is 0 Å². The van der Waals surface area contributed by atoms with E-state index in [0.29, 0.717) is 0 Å². The van der Waals surface area contributed by atoms with Gasteiger partial charge in [-0.1, -0.05) is 42.5 Å². The monoisotopic (exact) mass is 489 g/mol. The molecule has 4 rings (SSSR count). The van der Waals surface area contributed by atoms with E-state index in [1.54, 1.807) is 60.7 Å². The third-order valence-electron chi connectivity index (χ3n) is 5.20. The Labute approximate surface area is 196 Å². The van der Waals surface area contributed by atoms with Crippen molar-refractivity contribution in [2.45, 2.75) is 30.6 Å². The van der Waals surface area contributed by atoms with Crippen molar-refractivity contribution in [1.82, 2.24) is 4.72 Å². The van der Waals surface area contributed by atoms with Crippen LogP contribution in [-0.2, 0) is 33.4 Å². The van der Waals surface area contributed by atoms with E-state index in [1.807, 2.05) is 0 Å². The lowest BCUT2D eigenvalue weighted by Gasteiger charge is -2.46. The maximum absolute atomic E-state index is 12.9. The van der Waals surface area contributed by atoms with E-state index in [0.717, 1.165) is 0 Å². The molecular formula is C23H23NO9S. The smallest absolute Gasteiger partial charge is 0.338 e. The molecule has 2 fully saturated rings. The molecule has 2 saturated heterocycles. The van der Waals surface area contributed by atoms with Crippen LogP contribution in [0.3, 0.4) is 0 Å². The summed E-state index contributed by atoms with van der Waals surface area (Å²) < 4.78 is 54.8. The minimum atomic E-state index is -4.24. The molecule has 0 saturated carbocycles. The maximum Gasteiger partial charge on any atom is 0.338 e. The molecule has 0 amide bonds. The van der Waals surface area contributed by atoms with Crippen LogP contribution >= 0.6 is 0 Å². The molecule has 11 heteroatoms. The van der Waals surface area contributed by atoms with Gasteiger partial charge in [-0.25, -0.2) is 9.59 Å². The summed E-state index contributed by atoms with van der Waals surface area (Å²) in [6.45, 7) is 3.11. The molecule has 5 atom stereocenters. The number of esters is 2. The van der Waals surface area contributed by atoms with Gasteiger partial charge in [-0.15, -0.1) is 6.58 Å². The van der Waals surface area contributed by atoms with E-state index in [1.165, 1.54) is 6.08 Å². The van der Waals surface area contributed by atoms with Gasteiger partial charge in [0.25, 0.3) is 0 Å². The SMILES string of the molecule is C=CCO[C@H]1O[C@@H]2COS(=O)(=O)N[C@H]1[C@@H](OC(=O)c1ccccc1)[C@@H]2OC(=O)c1ccccc1. The van der Waals surface area contributed by atoms with Crippen LogP contribution in [0.2, 0.25) is 0 Å². The normalized spacial score (nSPS) is 27.7. The summed E-state index contributed by atoms with van der Waals surface area (Å²) in [7, 11) is -4.24. The number of rotatable bonds is 7. The van der Waals surface area contributed by atoms with Crippen LogP contribution in [0, 0.1) is 0 Å². The molecule has 10 nitrogen and oxygen atoms in total. The third-order valence-corrected chi connectivity index (χ3v) is 6.20. The maximum atomic E-state index is 12.9. The second kappa shape index (κ2) is 10.5. The molecule has 0 unspecified atom stereocenters. The Kier molecular flexibility index (Phi) is 7.39. The van der Waals surface area contributed by atoms with Gasteiger partial charge in [-0.05, 0) is 24.3 Å². The molecular weight excluding hydrogens is 466 g/mol. The Hall–Kier alpha value is -3.09.